The van der Waals surface area contributed by atoms with Crippen LogP contribution in [0.5, 0.6) is 0 Å². The minimum Gasteiger partial charge on any atom is -0.464 e. The molecule has 0 aliphatic rings. The molecular weight excluding hydrogens is 496 g/mol. The predicted molar refractivity (Wildman–Crippen MR) is 159 cm³/mol. The van der Waals surface area contributed by atoms with Crippen molar-refractivity contribution in [3.63, 3.8) is 0 Å². The number of furan rings is 3. The number of fused-ring (bicyclic) bond motifs is 18. The largest absolute Gasteiger partial charge is 0.464 e. The van der Waals surface area contributed by atoms with Gasteiger partial charge in [-0.1, -0.05) is 12.2 Å². The lowest BCUT2D eigenvalue weighted by atomic mass is 9.85. The Hall–Kier alpha value is -4.06. The van der Waals surface area contributed by atoms with Crippen LogP contribution in [0.3, 0.4) is 0 Å². The van der Waals surface area contributed by atoms with E-state index < -0.39 is 0 Å². The molecule has 5 heterocycles. The van der Waals surface area contributed by atoms with E-state index in [0.29, 0.717) is 0 Å². The first kappa shape index (κ1) is 20.0. The summed E-state index contributed by atoms with van der Waals surface area (Å²) in [4.78, 5) is 0. The average molecular weight is 515 g/mol. The van der Waals surface area contributed by atoms with Gasteiger partial charge < -0.3 is 13.3 Å². The van der Waals surface area contributed by atoms with Crippen molar-refractivity contribution < 1.29 is 13.3 Å². The maximum absolute atomic E-state index is 6.16. The highest BCUT2D eigenvalue weighted by Gasteiger charge is 2.25. The molecular formula is C32H18O3S2. The van der Waals surface area contributed by atoms with Gasteiger partial charge in [0.25, 0.3) is 0 Å². The van der Waals surface area contributed by atoms with Gasteiger partial charge in [-0.25, -0.2) is 0 Å². The monoisotopic (exact) mass is 514 g/mol. The van der Waals surface area contributed by atoms with E-state index in [1.807, 2.05) is 18.8 Å². The van der Waals surface area contributed by atoms with Crippen LogP contribution in [0.2, 0.25) is 0 Å². The number of hydrogen-bond donors (Lipinski definition) is 0. The second-order valence-corrected chi connectivity index (χ2v) is 11.0. The number of thiophene rings is 2. The van der Waals surface area contributed by atoms with Gasteiger partial charge in [-0.05, 0) is 53.4 Å². The number of hydrogen-bond acceptors (Lipinski definition) is 5. The fourth-order valence-corrected chi connectivity index (χ4v) is 8.32. The summed E-state index contributed by atoms with van der Waals surface area (Å²) in [7, 11) is 0. The van der Waals surface area contributed by atoms with Crippen LogP contribution in [0.25, 0.3) is 98.9 Å². The molecule has 0 atom stereocenters. The molecule has 0 aliphatic heterocycles. The number of benzene rings is 4. The van der Waals surface area contributed by atoms with Crippen molar-refractivity contribution in [3.05, 3.63) is 68.9 Å². The Kier molecular flexibility index (Phi) is 3.70. The van der Waals surface area contributed by atoms with Gasteiger partial charge in [-0.3, -0.25) is 0 Å². The van der Waals surface area contributed by atoms with E-state index in [0.717, 1.165) is 48.9 Å². The molecule has 0 saturated heterocycles. The van der Waals surface area contributed by atoms with Crippen molar-refractivity contribution in [2.24, 2.45) is 0 Å². The smallest absolute Gasteiger partial charge is 0.143 e. The summed E-state index contributed by atoms with van der Waals surface area (Å²) in [5.74, 6) is 0. The summed E-state index contributed by atoms with van der Waals surface area (Å²) < 4.78 is 18.4. The topological polar surface area (TPSA) is 39.4 Å². The Morgan fingerprint density at radius 2 is 0.865 bits per heavy atom. The predicted octanol–water partition coefficient (Wildman–Crippen LogP) is 9.41. The van der Waals surface area contributed by atoms with Crippen LogP contribution in [0.15, 0.2) is 71.8 Å². The second-order valence-electron chi connectivity index (χ2n) is 9.54. The van der Waals surface area contributed by atoms with Gasteiger partial charge in [0.15, 0.2) is 0 Å². The maximum atomic E-state index is 6.16. The normalized spacial score (nSPS) is 14.0. The van der Waals surface area contributed by atoms with E-state index in [9.17, 15) is 0 Å². The summed E-state index contributed by atoms with van der Waals surface area (Å²) in [5.41, 5.74) is 2.82. The minimum atomic E-state index is 0.930. The third kappa shape index (κ3) is 2.21. The lowest BCUT2D eigenvalue weighted by Crippen LogP contribution is -2.26. The van der Waals surface area contributed by atoms with Crippen LogP contribution in [0.4, 0.5) is 0 Å². The minimum absolute atomic E-state index is 0.930. The Balaban J connectivity index is 1.88. The summed E-state index contributed by atoms with van der Waals surface area (Å²) in [6.07, 6.45) is 9.88. The van der Waals surface area contributed by atoms with Gasteiger partial charge in [-0.2, -0.15) is 22.7 Å². The highest BCUT2D eigenvalue weighted by molar-refractivity contribution is 7.10. The van der Waals surface area contributed by atoms with Gasteiger partial charge >= 0.3 is 0 Å². The van der Waals surface area contributed by atoms with Crippen molar-refractivity contribution >= 4 is 122 Å². The third-order valence-electron chi connectivity index (χ3n) is 8.04. The Labute approximate surface area is 217 Å². The molecule has 0 N–H and O–H groups in total. The summed E-state index contributed by atoms with van der Waals surface area (Å²) in [6.45, 7) is 4.22. The van der Waals surface area contributed by atoms with Crippen LogP contribution in [-0.2, 0) is 0 Å². The van der Waals surface area contributed by atoms with E-state index in [2.05, 4.69) is 65.7 Å². The van der Waals surface area contributed by atoms with Crippen LogP contribution in [-0.4, -0.2) is 0 Å². The molecule has 0 amide bonds. The molecule has 9 aromatic rings. The third-order valence-corrected chi connectivity index (χ3v) is 9.52. The molecule has 5 heteroatoms. The Morgan fingerprint density at radius 1 is 0.459 bits per heavy atom. The maximum Gasteiger partial charge on any atom is 0.143 e. The molecule has 0 saturated carbocycles. The Bertz CT molecular complexity index is 2480. The van der Waals surface area contributed by atoms with Crippen molar-refractivity contribution in [3.8, 4) is 0 Å². The van der Waals surface area contributed by atoms with E-state index in [1.165, 1.54) is 48.3 Å². The van der Waals surface area contributed by atoms with Crippen LogP contribution in [0, 0.1) is 0 Å². The summed E-state index contributed by atoms with van der Waals surface area (Å²) in [5, 5.41) is 27.0. The Morgan fingerprint density at radius 3 is 1.38 bits per heavy atom. The average Bonchev–Trinajstić information content (AvgIpc) is 3.73. The molecule has 176 valence electrons. The fraction of sp³-hybridized carbons (Fsp3) is 0.0625. The number of rotatable bonds is 0. The van der Waals surface area contributed by atoms with Crippen LogP contribution in [0.1, 0.15) is 13.8 Å². The van der Waals surface area contributed by atoms with Crippen molar-refractivity contribution in [2.75, 3.05) is 0 Å². The highest BCUT2D eigenvalue weighted by Crippen LogP contribution is 2.50. The zero-order chi connectivity index (χ0) is 24.4. The first-order valence-corrected chi connectivity index (χ1v) is 14.2. The molecule has 9 rings (SSSR count). The molecule has 0 spiro atoms. The quantitative estimate of drug-likeness (QED) is 0.189. The molecule has 3 nitrogen and oxygen atoms in total. The SMILES string of the molecule is C/C=c1\c(=C/C)c2occc2c2c1c1c3ccoc3c3cscc3c1c1c3ccoc3c3cscc3c21. The lowest BCUT2D eigenvalue weighted by molar-refractivity contribution is 0.613. The molecule has 0 bridgehead atoms. The molecule has 0 aliphatic carbocycles. The first-order chi connectivity index (χ1) is 18.3. The van der Waals surface area contributed by atoms with Crippen molar-refractivity contribution in [1.29, 1.82) is 0 Å². The van der Waals surface area contributed by atoms with Gasteiger partial charge in [0.1, 0.15) is 16.7 Å². The van der Waals surface area contributed by atoms with E-state index in [-0.39, 0.29) is 0 Å². The fourth-order valence-electron chi connectivity index (χ4n) is 6.69. The van der Waals surface area contributed by atoms with Gasteiger partial charge in [-0.15, -0.1) is 0 Å². The van der Waals surface area contributed by atoms with Gasteiger partial charge in [0.05, 0.1) is 18.8 Å². The van der Waals surface area contributed by atoms with Crippen LogP contribution >= 0.6 is 22.7 Å². The van der Waals surface area contributed by atoms with E-state index in [1.54, 1.807) is 22.7 Å². The molecule has 5 aromatic heterocycles. The van der Waals surface area contributed by atoms with Crippen LogP contribution < -0.4 is 10.4 Å². The van der Waals surface area contributed by atoms with Gasteiger partial charge in [0, 0.05) is 80.6 Å². The van der Waals surface area contributed by atoms with E-state index >= 15 is 0 Å². The zero-order valence-electron chi connectivity index (χ0n) is 20.0. The summed E-state index contributed by atoms with van der Waals surface area (Å²) in [6, 6.07) is 6.39. The lowest BCUT2D eigenvalue weighted by Gasteiger charge is -2.16. The van der Waals surface area contributed by atoms with Crippen molar-refractivity contribution in [1.82, 2.24) is 0 Å². The standard InChI is InChI=1S/C32H18O3S2/c1-3-15-16(4-2)30-17(5-8-33-30)25-24(15)26-18-6-9-34-31(18)22-13-37-12-21(22)29(26)27-19-7-10-35-32(19)23-14-36-11-20(23)28(25)27/h3-14H,1-2H3/b15-3+,16-4+. The highest BCUT2D eigenvalue weighted by atomic mass is 32.1. The molecule has 0 unspecified atom stereocenters. The summed E-state index contributed by atoms with van der Waals surface area (Å²) >= 11 is 3.45. The molecule has 4 aromatic carbocycles. The second kappa shape index (κ2) is 6.82. The molecule has 0 fully saturated rings. The van der Waals surface area contributed by atoms with Gasteiger partial charge in [0.2, 0.25) is 0 Å². The van der Waals surface area contributed by atoms with Crippen molar-refractivity contribution in [2.45, 2.75) is 13.8 Å². The molecule has 0 radical (unpaired) electrons. The first-order valence-electron chi connectivity index (χ1n) is 12.3. The zero-order valence-corrected chi connectivity index (χ0v) is 21.6. The van der Waals surface area contributed by atoms with E-state index in [4.69, 9.17) is 13.3 Å². The molecule has 37 heavy (non-hydrogen) atoms.